The van der Waals surface area contributed by atoms with Crippen LogP contribution in [-0.2, 0) is 14.4 Å². The van der Waals surface area contributed by atoms with Crippen molar-refractivity contribution in [3.8, 4) is 0 Å². The van der Waals surface area contributed by atoms with Gasteiger partial charge in [0.1, 0.15) is 8.07 Å². The van der Waals surface area contributed by atoms with Gasteiger partial charge in [-0.2, -0.15) is 0 Å². The molecule has 39 heavy (non-hydrogen) atoms. The van der Waals surface area contributed by atoms with E-state index in [4.69, 9.17) is 4.84 Å². The number of rotatable bonds is 5. The standard InChI is InChI=1S/C30H26N2O6Si/c1-17-6-9-21-24(14-17)39(4,5)25-16-19(31(2)3)8-11-22(25)28(21)23-15-18(7-10-20(23)29(35)36)30(37)38-32-26(33)12-13-27(32)34/h6-16H,1H2,2-5H3,(H,35,36). The number of carboxylic acid groups (broad SMARTS) is 1. The molecule has 9 heteroatoms. The largest absolute Gasteiger partial charge is 0.478 e. The Bertz CT molecular complexity index is 1740. The fourth-order valence-electron chi connectivity index (χ4n) is 5.13. The summed E-state index contributed by atoms with van der Waals surface area (Å²) in [5.41, 5.74) is 2.93. The molecule has 2 aliphatic heterocycles. The van der Waals surface area contributed by atoms with Crippen LogP contribution in [0, 0.1) is 0 Å². The summed E-state index contributed by atoms with van der Waals surface area (Å²) >= 11 is 0. The third-order valence-corrected chi connectivity index (χ3v) is 10.7. The summed E-state index contributed by atoms with van der Waals surface area (Å²) in [5, 5.41) is 14.5. The van der Waals surface area contributed by atoms with Crippen LogP contribution in [0.15, 0.2) is 66.7 Å². The summed E-state index contributed by atoms with van der Waals surface area (Å²) in [6.45, 7) is 8.63. The van der Waals surface area contributed by atoms with Gasteiger partial charge in [-0.05, 0) is 67.8 Å². The van der Waals surface area contributed by atoms with E-state index in [-0.39, 0.29) is 11.1 Å². The maximum Gasteiger partial charge on any atom is 0.363 e. The van der Waals surface area contributed by atoms with E-state index < -0.39 is 31.8 Å². The van der Waals surface area contributed by atoms with E-state index >= 15 is 0 Å². The summed E-state index contributed by atoms with van der Waals surface area (Å²) in [6, 6.07) is 16.1. The molecule has 0 saturated carbocycles. The van der Waals surface area contributed by atoms with Crippen LogP contribution < -0.4 is 25.7 Å². The van der Waals surface area contributed by atoms with Gasteiger partial charge < -0.3 is 14.8 Å². The highest BCUT2D eigenvalue weighted by molar-refractivity contribution is 7.01. The summed E-state index contributed by atoms with van der Waals surface area (Å²) in [7, 11) is 1.68. The lowest BCUT2D eigenvalue weighted by Gasteiger charge is -2.34. The summed E-state index contributed by atoms with van der Waals surface area (Å²) in [5.74, 6) is -3.65. The number of carbonyl (C=O) groups excluding carboxylic acids is 3. The van der Waals surface area contributed by atoms with Gasteiger partial charge in [0.25, 0.3) is 11.8 Å². The molecule has 0 aliphatic carbocycles. The monoisotopic (exact) mass is 538 g/mol. The second-order valence-corrected chi connectivity index (χ2v) is 14.6. The zero-order valence-corrected chi connectivity index (χ0v) is 22.9. The number of fused-ring (bicyclic) bond motifs is 2. The Morgan fingerprint density at radius 1 is 0.897 bits per heavy atom. The highest BCUT2D eigenvalue weighted by atomic mass is 28.3. The number of carboxylic acids is 1. The van der Waals surface area contributed by atoms with Crippen molar-refractivity contribution in [1.82, 2.24) is 5.06 Å². The molecular formula is C30H26N2O6Si. The average molecular weight is 539 g/mol. The molecule has 0 unspecified atom stereocenters. The predicted molar refractivity (Wildman–Crippen MR) is 150 cm³/mol. The molecule has 0 atom stereocenters. The second kappa shape index (κ2) is 9.21. The van der Waals surface area contributed by atoms with E-state index in [1.165, 1.54) is 18.2 Å². The molecule has 0 aromatic heterocycles. The maximum atomic E-state index is 13.0. The van der Waals surface area contributed by atoms with Crippen LogP contribution in [0.1, 0.15) is 31.8 Å². The molecule has 0 radical (unpaired) electrons. The smallest absolute Gasteiger partial charge is 0.363 e. The van der Waals surface area contributed by atoms with Crippen LogP contribution in [0.5, 0.6) is 0 Å². The lowest BCUT2D eigenvalue weighted by Crippen LogP contribution is -2.63. The Labute approximate surface area is 225 Å². The van der Waals surface area contributed by atoms with E-state index in [0.717, 1.165) is 44.2 Å². The number of hydrogen-bond acceptors (Lipinski definition) is 6. The molecule has 0 saturated heterocycles. The minimum Gasteiger partial charge on any atom is -0.478 e. The van der Waals surface area contributed by atoms with Crippen molar-refractivity contribution in [2.45, 2.75) is 13.1 Å². The van der Waals surface area contributed by atoms with Crippen molar-refractivity contribution in [3.63, 3.8) is 0 Å². The first-order chi connectivity index (χ1) is 18.4. The third-order valence-electron chi connectivity index (χ3n) is 7.19. The molecular weight excluding hydrogens is 512 g/mol. The van der Waals surface area contributed by atoms with Crippen LogP contribution in [0.4, 0.5) is 5.69 Å². The number of carbonyl (C=O) groups is 4. The van der Waals surface area contributed by atoms with Gasteiger partial charge in [0.05, 0.1) is 11.1 Å². The number of nitrogens with zero attached hydrogens (tertiary/aromatic N) is 2. The van der Waals surface area contributed by atoms with Crippen LogP contribution in [-0.4, -0.2) is 56.1 Å². The lowest BCUT2D eigenvalue weighted by molar-refractivity contribution is -0.170. The fourth-order valence-corrected chi connectivity index (χ4v) is 8.24. The first kappa shape index (κ1) is 25.9. The van der Waals surface area contributed by atoms with Crippen LogP contribution >= 0.6 is 0 Å². The van der Waals surface area contributed by atoms with Gasteiger partial charge in [-0.1, -0.05) is 49.0 Å². The number of aromatic carboxylic acids is 1. The Balaban J connectivity index is 1.78. The molecule has 2 amide bonds. The average Bonchev–Trinajstić information content (AvgIpc) is 3.20. The maximum absolute atomic E-state index is 13.0. The van der Waals surface area contributed by atoms with E-state index in [1.807, 2.05) is 43.3 Å². The molecule has 2 heterocycles. The Morgan fingerprint density at radius 3 is 2.23 bits per heavy atom. The zero-order chi connectivity index (χ0) is 28.2. The Morgan fingerprint density at radius 2 is 1.59 bits per heavy atom. The van der Waals surface area contributed by atoms with Gasteiger partial charge in [-0.25, -0.2) is 9.59 Å². The SMILES string of the molecule is C=c1ccc2c(c1)[Si](C)(C)c1cc(N(C)C)ccc1C=2c1cc(C(=O)ON2C(=O)C=CC2=O)ccc1C(=O)O. The van der Waals surface area contributed by atoms with Crippen molar-refractivity contribution < 1.29 is 29.1 Å². The normalized spacial score (nSPS) is 15.2. The molecule has 1 N–H and O–H groups in total. The summed E-state index contributed by atoms with van der Waals surface area (Å²) in [4.78, 5) is 56.3. The van der Waals surface area contributed by atoms with Gasteiger partial charge in [-0.3, -0.25) is 9.59 Å². The van der Waals surface area contributed by atoms with Crippen molar-refractivity contribution >= 4 is 60.0 Å². The molecule has 2 aliphatic rings. The van der Waals surface area contributed by atoms with Crippen molar-refractivity contribution in [3.05, 3.63) is 99.4 Å². The van der Waals surface area contributed by atoms with Gasteiger partial charge in [0.2, 0.25) is 0 Å². The minimum absolute atomic E-state index is 0.00105. The van der Waals surface area contributed by atoms with Crippen molar-refractivity contribution in [2.75, 3.05) is 19.0 Å². The first-order valence-corrected chi connectivity index (χ1v) is 15.2. The topological polar surface area (TPSA) is 104 Å². The number of amides is 2. The summed E-state index contributed by atoms with van der Waals surface area (Å²) < 4.78 is 0. The van der Waals surface area contributed by atoms with Gasteiger partial charge in [0, 0.05) is 31.9 Å². The van der Waals surface area contributed by atoms with E-state index in [2.05, 4.69) is 31.8 Å². The molecule has 3 aromatic carbocycles. The van der Waals surface area contributed by atoms with Crippen LogP contribution in [0.3, 0.4) is 0 Å². The van der Waals surface area contributed by atoms with E-state index in [1.54, 1.807) is 0 Å². The predicted octanol–water partition coefficient (Wildman–Crippen LogP) is 1.24. The zero-order valence-electron chi connectivity index (χ0n) is 21.9. The molecule has 0 spiro atoms. The number of hydrogen-bond donors (Lipinski definition) is 1. The quantitative estimate of drug-likeness (QED) is 0.385. The van der Waals surface area contributed by atoms with Crippen LogP contribution in [0.25, 0.3) is 12.2 Å². The minimum atomic E-state index is -2.25. The Hall–Kier alpha value is -4.76. The second-order valence-electron chi connectivity index (χ2n) is 10.3. The van der Waals surface area contributed by atoms with Gasteiger partial charge in [-0.15, -0.1) is 0 Å². The highest BCUT2D eigenvalue weighted by Gasteiger charge is 2.36. The molecule has 196 valence electrons. The molecule has 8 nitrogen and oxygen atoms in total. The highest BCUT2D eigenvalue weighted by Crippen LogP contribution is 2.30. The fraction of sp³-hybridized carbons (Fsp3) is 0.133. The molecule has 0 fully saturated rings. The van der Waals surface area contributed by atoms with Crippen molar-refractivity contribution in [1.29, 1.82) is 0 Å². The van der Waals surface area contributed by atoms with Crippen molar-refractivity contribution in [2.24, 2.45) is 0 Å². The molecule has 3 aromatic rings. The first-order valence-electron chi connectivity index (χ1n) is 12.2. The van der Waals surface area contributed by atoms with E-state index in [0.29, 0.717) is 16.2 Å². The third kappa shape index (κ3) is 4.26. The van der Waals surface area contributed by atoms with Crippen LogP contribution in [0.2, 0.25) is 13.1 Å². The van der Waals surface area contributed by atoms with E-state index in [9.17, 15) is 24.3 Å². The summed E-state index contributed by atoms with van der Waals surface area (Å²) in [6.07, 6.45) is 2.01. The number of benzene rings is 3. The Kier molecular flexibility index (Phi) is 6.11. The molecule has 0 bridgehead atoms. The van der Waals surface area contributed by atoms with Gasteiger partial charge in [0.15, 0.2) is 0 Å². The number of anilines is 1. The van der Waals surface area contributed by atoms with Gasteiger partial charge >= 0.3 is 11.9 Å². The number of hydroxylamine groups is 2. The molecule has 5 rings (SSSR count). The lowest BCUT2D eigenvalue weighted by atomic mass is 9.89. The number of imide groups is 1.